The Morgan fingerprint density at radius 1 is 1.56 bits per heavy atom. The van der Waals surface area contributed by atoms with Crippen LogP contribution in [-0.4, -0.2) is 29.0 Å². The standard InChI is InChI=1S/C12H24N2OS/c1-3-8-14-12(11(13)15)7-5-6-10(9-12)16-4-2/h10,14H,3-9H2,1-2H3,(H2,13,15). The molecular formula is C12H24N2OS. The van der Waals surface area contributed by atoms with Gasteiger partial charge >= 0.3 is 0 Å². The lowest BCUT2D eigenvalue weighted by atomic mass is 9.80. The topological polar surface area (TPSA) is 55.1 Å². The molecule has 3 nitrogen and oxygen atoms in total. The van der Waals surface area contributed by atoms with Gasteiger partial charge in [-0.15, -0.1) is 0 Å². The second-order valence-electron chi connectivity index (χ2n) is 4.55. The molecule has 2 unspecified atom stereocenters. The molecule has 1 aliphatic carbocycles. The predicted molar refractivity (Wildman–Crippen MR) is 70.6 cm³/mol. The van der Waals surface area contributed by atoms with Crippen LogP contribution in [0.25, 0.3) is 0 Å². The molecule has 16 heavy (non-hydrogen) atoms. The van der Waals surface area contributed by atoms with Gasteiger partial charge in [-0.25, -0.2) is 0 Å². The van der Waals surface area contributed by atoms with Crippen LogP contribution in [-0.2, 0) is 4.79 Å². The van der Waals surface area contributed by atoms with Crippen molar-refractivity contribution >= 4 is 17.7 Å². The third kappa shape index (κ3) is 3.39. The van der Waals surface area contributed by atoms with Crippen LogP contribution in [0.15, 0.2) is 0 Å². The molecule has 0 heterocycles. The number of hydrogen-bond donors (Lipinski definition) is 2. The highest BCUT2D eigenvalue weighted by atomic mass is 32.2. The van der Waals surface area contributed by atoms with Gasteiger partial charge in [0.2, 0.25) is 5.91 Å². The molecule has 0 saturated heterocycles. The maximum Gasteiger partial charge on any atom is 0.237 e. The largest absolute Gasteiger partial charge is 0.368 e. The van der Waals surface area contributed by atoms with Gasteiger partial charge in [0.15, 0.2) is 0 Å². The first-order chi connectivity index (χ1) is 7.64. The first-order valence-electron chi connectivity index (χ1n) is 6.31. The third-order valence-electron chi connectivity index (χ3n) is 3.29. The van der Waals surface area contributed by atoms with Crippen LogP contribution in [0.3, 0.4) is 0 Å². The molecule has 1 aliphatic rings. The number of nitrogens with one attached hydrogen (secondary N) is 1. The zero-order valence-electron chi connectivity index (χ0n) is 10.4. The van der Waals surface area contributed by atoms with Crippen LogP contribution < -0.4 is 11.1 Å². The van der Waals surface area contributed by atoms with Gasteiger partial charge in [-0.2, -0.15) is 11.8 Å². The van der Waals surface area contributed by atoms with Crippen LogP contribution >= 0.6 is 11.8 Å². The highest BCUT2D eigenvalue weighted by Gasteiger charge is 2.40. The van der Waals surface area contributed by atoms with Gasteiger partial charge in [0.1, 0.15) is 0 Å². The molecule has 0 aromatic carbocycles. The molecule has 3 N–H and O–H groups in total. The fourth-order valence-corrected chi connectivity index (χ4v) is 3.65. The van der Waals surface area contributed by atoms with Crippen LogP contribution in [0.1, 0.15) is 46.0 Å². The van der Waals surface area contributed by atoms with E-state index in [1.165, 1.54) is 6.42 Å². The number of carbonyl (C=O) groups is 1. The van der Waals surface area contributed by atoms with Crippen molar-refractivity contribution < 1.29 is 4.79 Å². The highest BCUT2D eigenvalue weighted by molar-refractivity contribution is 7.99. The van der Waals surface area contributed by atoms with Crippen molar-refractivity contribution in [2.24, 2.45) is 5.73 Å². The van der Waals surface area contributed by atoms with Gasteiger partial charge < -0.3 is 11.1 Å². The van der Waals surface area contributed by atoms with E-state index in [9.17, 15) is 4.79 Å². The minimum atomic E-state index is -0.429. The molecule has 4 heteroatoms. The summed E-state index contributed by atoms with van der Waals surface area (Å²) >= 11 is 1.96. The van der Waals surface area contributed by atoms with Crippen molar-refractivity contribution in [1.29, 1.82) is 0 Å². The average Bonchev–Trinajstić information content (AvgIpc) is 2.27. The molecule has 0 bridgehead atoms. The van der Waals surface area contributed by atoms with E-state index in [0.717, 1.165) is 38.0 Å². The summed E-state index contributed by atoms with van der Waals surface area (Å²) in [6.07, 6.45) is 5.18. The summed E-state index contributed by atoms with van der Waals surface area (Å²) in [4.78, 5) is 11.7. The van der Waals surface area contributed by atoms with Gasteiger partial charge in [0.05, 0.1) is 5.54 Å². The van der Waals surface area contributed by atoms with E-state index in [2.05, 4.69) is 19.2 Å². The number of nitrogens with two attached hydrogens (primary N) is 1. The molecule has 1 amide bonds. The van der Waals surface area contributed by atoms with Crippen molar-refractivity contribution in [3.63, 3.8) is 0 Å². The minimum Gasteiger partial charge on any atom is -0.368 e. The monoisotopic (exact) mass is 244 g/mol. The molecule has 0 aromatic rings. The summed E-state index contributed by atoms with van der Waals surface area (Å²) < 4.78 is 0. The summed E-state index contributed by atoms with van der Waals surface area (Å²) in [5.74, 6) is 0.954. The van der Waals surface area contributed by atoms with E-state index < -0.39 is 5.54 Å². The number of amides is 1. The second-order valence-corrected chi connectivity index (χ2v) is 6.12. The van der Waals surface area contributed by atoms with Crippen LogP contribution in [0, 0.1) is 0 Å². The Morgan fingerprint density at radius 3 is 2.88 bits per heavy atom. The van der Waals surface area contributed by atoms with E-state index in [-0.39, 0.29) is 5.91 Å². The summed E-state index contributed by atoms with van der Waals surface area (Å²) in [6.45, 7) is 5.17. The Bertz CT molecular complexity index is 233. The lowest BCUT2D eigenvalue weighted by Crippen LogP contribution is -2.58. The van der Waals surface area contributed by atoms with Crippen molar-refractivity contribution in [1.82, 2.24) is 5.32 Å². The maximum absolute atomic E-state index is 11.7. The number of carbonyl (C=O) groups excluding carboxylic acids is 1. The lowest BCUT2D eigenvalue weighted by Gasteiger charge is -2.39. The Morgan fingerprint density at radius 2 is 2.31 bits per heavy atom. The molecule has 94 valence electrons. The molecule has 0 aromatic heterocycles. The summed E-state index contributed by atoms with van der Waals surface area (Å²) in [5.41, 5.74) is 5.16. The third-order valence-corrected chi connectivity index (χ3v) is 4.50. The van der Waals surface area contributed by atoms with Crippen molar-refractivity contribution in [3.05, 3.63) is 0 Å². The molecular weight excluding hydrogens is 220 g/mol. The number of rotatable bonds is 6. The van der Waals surface area contributed by atoms with E-state index in [1.807, 2.05) is 11.8 Å². The molecule has 1 rings (SSSR count). The quantitative estimate of drug-likeness (QED) is 0.750. The van der Waals surface area contributed by atoms with Crippen LogP contribution in [0.4, 0.5) is 0 Å². The van der Waals surface area contributed by atoms with E-state index in [4.69, 9.17) is 5.73 Å². The number of primary amides is 1. The first-order valence-corrected chi connectivity index (χ1v) is 7.36. The Hall–Kier alpha value is -0.220. The molecule has 0 spiro atoms. The van der Waals surface area contributed by atoms with Gasteiger partial charge in [-0.05, 0) is 44.4 Å². The maximum atomic E-state index is 11.7. The van der Waals surface area contributed by atoms with Crippen LogP contribution in [0.5, 0.6) is 0 Å². The fraction of sp³-hybridized carbons (Fsp3) is 0.917. The number of hydrogen-bond acceptors (Lipinski definition) is 3. The molecule has 0 aliphatic heterocycles. The van der Waals surface area contributed by atoms with Crippen molar-refractivity contribution in [3.8, 4) is 0 Å². The van der Waals surface area contributed by atoms with Gasteiger partial charge in [0.25, 0.3) is 0 Å². The Labute approximate surface area is 103 Å². The molecule has 0 radical (unpaired) electrons. The smallest absolute Gasteiger partial charge is 0.237 e. The molecule has 1 fully saturated rings. The summed E-state index contributed by atoms with van der Waals surface area (Å²) in [5, 5.41) is 3.98. The Balaban J connectivity index is 2.64. The van der Waals surface area contributed by atoms with Gasteiger partial charge in [-0.3, -0.25) is 4.79 Å². The Kier molecular flexibility index (Phi) is 5.62. The lowest BCUT2D eigenvalue weighted by molar-refractivity contribution is -0.125. The number of thioether (sulfide) groups is 1. The zero-order valence-corrected chi connectivity index (χ0v) is 11.2. The first kappa shape index (κ1) is 13.8. The normalized spacial score (nSPS) is 30.2. The second kappa shape index (κ2) is 6.50. The highest BCUT2D eigenvalue weighted by Crippen LogP contribution is 2.34. The molecule has 2 atom stereocenters. The van der Waals surface area contributed by atoms with E-state index in [1.54, 1.807) is 0 Å². The summed E-state index contributed by atoms with van der Waals surface area (Å²) in [7, 11) is 0. The zero-order chi connectivity index (χ0) is 12.0. The van der Waals surface area contributed by atoms with Crippen molar-refractivity contribution in [2.75, 3.05) is 12.3 Å². The van der Waals surface area contributed by atoms with E-state index in [0.29, 0.717) is 5.25 Å². The van der Waals surface area contributed by atoms with Gasteiger partial charge in [0, 0.05) is 5.25 Å². The summed E-state index contributed by atoms with van der Waals surface area (Å²) in [6, 6.07) is 0. The van der Waals surface area contributed by atoms with Crippen molar-refractivity contribution in [2.45, 2.75) is 56.7 Å². The average molecular weight is 244 g/mol. The van der Waals surface area contributed by atoms with Gasteiger partial charge in [-0.1, -0.05) is 13.8 Å². The van der Waals surface area contributed by atoms with Crippen LogP contribution in [0.2, 0.25) is 0 Å². The van der Waals surface area contributed by atoms with E-state index >= 15 is 0 Å². The predicted octanol–water partition coefficient (Wildman–Crippen LogP) is 1.91. The molecule has 1 saturated carbocycles. The minimum absolute atomic E-state index is 0.164. The SMILES string of the molecule is CCCNC1(C(N)=O)CCCC(SCC)C1. The fourth-order valence-electron chi connectivity index (χ4n) is 2.44.